The minimum atomic E-state index is -2.11. The summed E-state index contributed by atoms with van der Waals surface area (Å²) in [5.41, 5.74) is 5.85. The summed E-state index contributed by atoms with van der Waals surface area (Å²) in [6.45, 7) is 2.13. The molecule has 3 rings (SSSR count). The molecule has 0 amide bonds. The lowest BCUT2D eigenvalue weighted by Gasteiger charge is -2.36. The van der Waals surface area contributed by atoms with Crippen molar-refractivity contribution in [3.63, 3.8) is 0 Å². The summed E-state index contributed by atoms with van der Waals surface area (Å²) in [5, 5.41) is 23.9. The topological polar surface area (TPSA) is 129 Å². The number of fused-ring (bicyclic) bond motifs is 2. The molecule has 9 nitrogen and oxygen atoms in total. The largest absolute Gasteiger partial charge is 0.462 e. The average molecular weight is 299 g/mol. The number of aromatic nitrogens is 2. The minimum absolute atomic E-state index is 0.0240. The molecule has 1 aromatic heterocycles. The Labute approximate surface area is 120 Å². The summed E-state index contributed by atoms with van der Waals surface area (Å²) in [6, 6.07) is -0.496. The molecule has 0 saturated carbocycles. The molecule has 0 unspecified atom stereocenters. The van der Waals surface area contributed by atoms with E-state index in [9.17, 15) is 15.0 Å². The van der Waals surface area contributed by atoms with Gasteiger partial charge in [0.25, 0.3) is 0 Å². The highest BCUT2D eigenvalue weighted by Gasteiger charge is 2.53. The monoisotopic (exact) mass is 299 g/mol. The predicted molar refractivity (Wildman–Crippen MR) is 68.0 cm³/mol. The number of anilines is 1. The molecule has 116 valence electrons. The number of hydrogen-bond acceptors (Lipinski definition) is 8. The van der Waals surface area contributed by atoms with Gasteiger partial charge in [0.15, 0.2) is 5.82 Å². The minimum Gasteiger partial charge on any atom is -0.462 e. The fourth-order valence-electron chi connectivity index (χ4n) is 2.60. The molecule has 0 aromatic carbocycles. The van der Waals surface area contributed by atoms with Gasteiger partial charge in [0.05, 0.1) is 19.3 Å². The summed E-state index contributed by atoms with van der Waals surface area (Å²) < 4.78 is 16.9. The quantitative estimate of drug-likeness (QED) is 0.479. The van der Waals surface area contributed by atoms with Crippen LogP contribution >= 0.6 is 0 Å². The van der Waals surface area contributed by atoms with Gasteiger partial charge in [0.2, 0.25) is 12.1 Å². The fourth-order valence-corrected chi connectivity index (χ4v) is 2.60. The second kappa shape index (κ2) is 4.95. The first-order valence-corrected chi connectivity index (χ1v) is 6.66. The van der Waals surface area contributed by atoms with Gasteiger partial charge < -0.3 is 30.2 Å². The molecule has 0 radical (unpaired) electrons. The summed E-state index contributed by atoms with van der Waals surface area (Å²) in [4.78, 5) is 11.7. The van der Waals surface area contributed by atoms with Crippen LogP contribution in [-0.2, 0) is 14.2 Å². The smallest absolute Gasteiger partial charge is 0.343 e. The van der Waals surface area contributed by atoms with E-state index < -0.39 is 24.1 Å². The van der Waals surface area contributed by atoms with E-state index in [1.807, 2.05) is 0 Å². The van der Waals surface area contributed by atoms with Crippen molar-refractivity contribution in [2.24, 2.45) is 0 Å². The Morgan fingerprint density at radius 2 is 2.43 bits per heavy atom. The molecular formula is C12H17N3O6. The van der Waals surface area contributed by atoms with Crippen LogP contribution in [-0.4, -0.2) is 57.4 Å². The van der Waals surface area contributed by atoms with Crippen LogP contribution in [0, 0.1) is 0 Å². The van der Waals surface area contributed by atoms with Crippen LogP contribution in [0.5, 0.6) is 0 Å². The second-order valence-electron chi connectivity index (χ2n) is 5.12. The van der Waals surface area contributed by atoms with E-state index in [0.29, 0.717) is 0 Å². The van der Waals surface area contributed by atoms with Crippen molar-refractivity contribution in [3.8, 4) is 0 Å². The molecule has 2 aliphatic rings. The number of esters is 1. The molecule has 3 heterocycles. The van der Waals surface area contributed by atoms with Crippen LogP contribution in [0.3, 0.4) is 0 Å². The zero-order valence-electron chi connectivity index (χ0n) is 11.4. The van der Waals surface area contributed by atoms with E-state index in [1.54, 1.807) is 6.92 Å². The fraction of sp³-hybridized carbons (Fsp3) is 0.667. The van der Waals surface area contributed by atoms with Gasteiger partial charge in [-0.25, -0.2) is 4.79 Å². The van der Waals surface area contributed by atoms with Gasteiger partial charge in [-0.1, -0.05) is 0 Å². The lowest BCUT2D eigenvalue weighted by Crippen LogP contribution is -2.50. The molecular weight excluding hydrogens is 282 g/mol. The molecule has 9 heteroatoms. The van der Waals surface area contributed by atoms with Gasteiger partial charge in [0.1, 0.15) is 11.7 Å². The van der Waals surface area contributed by atoms with Crippen molar-refractivity contribution < 1.29 is 29.2 Å². The standard InChI is InChI=1S/C12H17N3O6/c1-2-19-10(16)6-4-15(14-9(6)13)7-3-12(17,18)11-20-5-8(7)21-11/h4,7-8,11,17-18H,2-3,5H2,1H3,(H2,13,14)/t7-,8+,11+/m0/s1. The number of nitrogens with zero attached hydrogens (tertiary/aromatic N) is 2. The van der Waals surface area contributed by atoms with Gasteiger partial charge in [0, 0.05) is 12.6 Å². The highest BCUT2D eigenvalue weighted by molar-refractivity contribution is 5.93. The number of hydrogen-bond donors (Lipinski definition) is 3. The summed E-state index contributed by atoms with van der Waals surface area (Å²) in [6.07, 6.45) is -0.0464. The molecule has 2 fully saturated rings. The molecule has 0 spiro atoms. The molecule has 2 aliphatic heterocycles. The van der Waals surface area contributed by atoms with E-state index in [-0.39, 0.29) is 37.1 Å². The van der Waals surface area contributed by atoms with Crippen molar-refractivity contribution in [3.05, 3.63) is 11.8 Å². The first kappa shape index (κ1) is 14.3. The molecule has 3 atom stereocenters. The maximum absolute atomic E-state index is 11.7. The maximum Gasteiger partial charge on any atom is 0.343 e. The lowest BCUT2D eigenvalue weighted by atomic mass is 9.99. The van der Waals surface area contributed by atoms with Gasteiger partial charge in [-0.3, -0.25) is 4.68 Å². The SMILES string of the molecule is CCOC(=O)c1cn([C@H]2CC(O)(O)[C@@H]3OC[C@H]2O3)nc1N. The maximum atomic E-state index is 11.7. The van der Waals surface area contributed by atoms with Gasteiger partial charge in [-0.2, -0.15) is 5.10 Å². The Morgan fingerprint density at radius 3 is 3.14 bits per heavy atom. The third-order valence-electron chi connectivity index (χ3n) is 3.62. The predicted octanol–water partition coefficient (Wildman–Crippen LogP) is -0.991. The molecule has 1 aromatic rings. The Bertz CT molecular complexity index is 557. The molecule has 2 saturated heterocycles. The summed E-state index contributed by atoms with van der Waals surface area (Å²) in [7, 11) is 0. The highest BCUT2D eigenvalue weighted by atomic mass is 16.8. The van der Waals surface area contributed by atoms with Crippen molar-refractivity contribution in [1.29, 1.82) is 0 Å². The first-order chi connectivity index (χ1) is 9.92. The number of nitrogens with two attached hydrogens (primary N) is 1. The van der Waals surface area contributed by atoms with Crippen LogP contribution in [0.1, 0.15) is 29.7 Å². The van der Waals surface area contributed by atoms with Crippen LogP contribution in [0.4, 0.5) is 5.82 Å². The van der Waals surface area contributed by atoms with Gasteiger partial charge in [-0.15, -0.1) is 0 Å². The van der Waals surface area contributed by atoms with Gasteiger partial charge >= 0.3 is 5.97 Å². The number of ether oxygens (including phenoxy) is 3. The van der Waals surface area contributed by atoms with Crippen LogP contribution < -0.4 is 5.73 Å². The number of rotatable bonds is 3. The van der Waals surface area contributed by atoms with Crippen molar-refractivity contribution >= 4 is 11.8 Å². The van der Waals surface area contributed by atoms with Crippen LogP contribution in [0.25, 0.3) is 0 Å². The third kappa shape index (κ3) is 2.38. The zero-order valence-corrected chi connectivity index (χ0v) is 11.4. The lowest BCUT2D eigenvalue weighted by molar-refractivity contribution is -0.315. The number of aliphatic hydroxyl groups is 2. The van der Waals surface area contributed by atoms with E-state index in [1.165, 1.54) is 10.9 Å². The van der Waals surface area contributed by atoms with Crippen molar-refractivity contribution in [2.45, 2.75) is 37.6 Å². The Morgan fingerprint density at radius 1 is 1.67 bits per heavy atom. The average Bonchev–Trinajstić information content (AvgIpc) is 3.00. The van der Waals surface area contributed by atoms with E-state index in [0.717, 1.165) is 0 Å². The number of carbonyl (C=O) groups excluding carboxylic acids is 1. The van der Waals surface area contributed by atoms with E-state index >= 15 is 0 Å². The normalized spacial score (nSPS) is 30.3. The zero-order chi connectivity index (χ0) is 15.2. The van der Waals surface area contributed by atoms with Crippen LogP contribution in [0.2, 0.25) is 0 Å². The van der Waals surface area contributed by atoms with Crippen molar-refractivity contribution in [1.82, 2.24) is 9.78 Å². The van der Waals surface area contributed by atoms with Crippen molar-refractivity contribution in [2.75, 3.05) is 18.9 Å². The van der Waals surface area contributed by atoms with E-state index in [2.05, 4.69) is 5.10 Å². The number of nitrogen functional groups attached to an aromatic ring is 1. The van der Waals surface area contributed by atoms with Gasteiger partial charge in [-0.05, 0) is 6.92 Å². The Kier molecular flexibility index (Phi) is 3.36. The van der Waals surface area contributed by atoms with Crippen LogP contribution in [0.15, 0.2) is 6.20 Å². The second-order valence-corrected chi connectivity index (χ2v) is 5.12. The highest BCUT2D eigenvalue weighted by Crippen LogP contribution is 2.39. The Balaban J connectivity index is 1.87. The summed E-state index contributed by atoms with van der Waals surface area (Å²) >= 11 is 0. The Hall–Kier alpha value is -1.68. The molecule has 4 N–H and O–H groups in total. The first-order valence-electron chi connectivity index (χ1n) is 6.66. The number of carbonyl (C=O) groups is 1. The van der Waals surface area contributed by atoms with E-state index in [4.69, 9.17) is 19.9 Å². The molecule has 0 aliphatic carbocycles. The molecule has 21 heavy (non-hydrogen) atoms. The summed E-state index contributed by atoms with van der Waals surface area (Å²) in [5.74, 6) is -2.66. The third-order valence-corrected chi connectivity index (χ3v) is 3.62. The molecule has 2 bridgehead atoms.